The van der Waals surface area contributed by atoms with Crippen molar-refractivity contribution >= 4 is 28.2 Å². The number of benzene rings is 2. The Morgan fingerprint density at radius 1 is 1.05 bits per heavy atom. The van der Waals surface area contributed by atoms with Crippen molar-refractivity contribution in [2.24, 2.45) is 0 Å². The van der Waals surface area contributed by atoms with E-state index >= 15 is 0 Å². The Morgan fingerprint density at radius 2 is 1.85 bits per heavy atom. The van der Waals surface area contributed by atoms with Crippen LogP contribution in [0.3, 0.4) is 0 Å². The van der Waals surface area contributed by atoms with Gasteiger partial charge < -0.3 is 5.32 Å². The number of hydrogen-bond acceptors (Lipinski definition) is 2. The molecule has 4 heteroatoms. The van der Waals surface area contributed by atoms with Crippen LogP contribution >= 0.6 is 11.6 Å². The maximum absolute atomic E-state index is 13.8. The fourth-order valence-corrected chi connectivity index (χ4v) is 2.32. The van der Waals surface area contributed by atoms with E-state index in [1.807, 2.05) is 30.3 Å². The predicted octanol–water partition coefficient (Wildman–Crippen LogP) is 4.64. The number of fused-ring (bicyclic) bond motifs is 1. The second-order valence-electron chi connectivity index (χ2n) is 4.45. The Bertz CT molecular complexity index is 753. The van der Waals surface area contributed by atoms with Crippen LogP contribution in [0.25, 0.3) is 10.9 Å². The minimum absolute atomic E-state index is 0.117. The molecule has 1 heterocycles. The number of aromatic nitrogens is 1. The van der Waals surface area contributed by atoms with Crippen LogP contribution in [-0.2, 0) is 6.54 Å². The van der Waals surface area contributed by atoms with Crippen LogP contribution in [0, 0.1) is 5.82 Å². The Morgan fingerprint density at radius 3 is 2.75 bits per heavy atom. The molecule has 0 spiro atoms. The monoisotopic (exact) mass is 286 g/mol. The molecule has 0 saturated heterocycles. The summed E-state index contributed by atoms with van der Waals surface area (Å²) in [6.45, 7) is 0.492. The highest BCUT2D eigenvalue weighted by atomic mass is 35.5. The van der Waals surface area contributed by atoms with Gasteiger partial charge in [-0.3, -0.25) is 4.98 Å². The molecule has 100 valence electrons. The van der Waals surface area contributed by atoms with Crippen molar-refractivity contribution in [3.63, 3.8) is 0 Å². The zero-order chi connectivity index (χ0) is 13.9. The van der Waals surface area contributed by atoms with Crippen molar-refractivity contribution in [3.8, 4) is 0 Å². The molecule has 1 aromatic heterocycles. The molecular weight excluding hydrogens is 275 g/mol. The molecule has 3 rings (SSSR count). The van der Waals surface area contributed by atoms with Crippen LogP contribution in [0.15, 0.2) is 54.7 Å². The first-order chi connectivity index (χ1) is 9.75. The SMILES string of the molecule is Fc1c(Cl)cccc1NCc1cccc2cccnc12. The van der Waals surface area contributed by atoms with E-state index in [4.69, 9.17) is 11.6 Å². The van der Waals surface area contributed by atoms with Gasteiger partial charge >= 0.3 is 0 Å². The zero-order valence-electron chi connectivity index (χ0n) is 10.6. The molecule has 0 fully saturated rings. The third kappa shape index (κ3) is 2.45. The number of nitrogens with one attached hydrogen (secondary N) is 1. The summed E-state index contributed by atoms with van der Waals surface area (Å²) in [7, 11) is 0. The van der Waals surface area contributed by atoms with Gasteiger partial charge in [0, 0.05) is 18.1 Å². The maximum Gasteiger partial charge on any atom is 0.164 e. The van der Waals surface area contributed by atoms with Gasteiger partial charge in [0.25, 0.3) is 0 Å². The molecule has 2 nitrogen and oxygen atoms in total. The molecule has 0 unspecified atom stereocenters. The highest BCUT2D eigenvalue weighted by Gasteiger charge is 2.07. The van der Waals surface area contributed by atoms with E-state index in [0.29, 0.717) is 12.2 Å². The molecule has 0 radical (unpaired) electrons. The summed E-state index contributed by atoms with van der Waals surface area (Å²) in [6, 6.07) is 14.8. The van der Waals surface area contributed by atoms with Gasteiger partial charge in [0.15, 0.2) is 5.82 Å². The summed E-state index contributed by atoms with van der Waals surface area (Å²) in [5.74, 6) is -0.428. The number of nitrogens with zero attached hydrogens (tertiary/aromatic N) is 1. The van der Waals surface area contributed by atoms with Crippen molar-refractivity contribution in [3.05, 3.63) is 71.1 Å². The number of halogens is 2. The number of anilines is 1. The van der Waals surface area contributed by atoms with Crippen LogP contribution in [-0.4, -0.2) is 4.98 Å². The average Bonchev–Trinajstić information content (AvgIpc) is 2.49. The first kappa shape index (κ1) is 12.9. The highest BCUT2D eigenvalue weighted by molar-refractivity contribution is 6.31. The predicted molar refractivity (Wildman–Crippen MR) is 80.5 cm³/mol. The van der Waals surface area contributed by atoms with Gasteiger partial charge in [-0.15, -0.1) is 0 Å². The maximum atomic E-state index is 13.8. The third-order valence-corrected chi connectivity index (χ3v) is 3.43. The van der Waals surface area contributed by atoms with Gasteiger partial charge in [-0.05, 0) is 23.8 Å². The summed E-state index contributed by atoms with van der Waals surface area (Å²) >= 11 is 5.76. The van der Waals surface area contributed by atoms with Gasteiger partial charge in [0.05, 0.1) is 16.2 Å². The second-order valence-corrected chi connectivity index (χ2v) is 4.85. The van der Waals surface area contributed by atoms with Crippen molar-refractivity contribution in [2.45, 2.75) is 6.54 Å². The van der Waals surface area contributed by atoms with Gasteiger partial charge in [0.2, 0.25) is 0 Å². The largest absolute Gasteiger partial charge is 0.378 e. The number of para-hydroxylation sites is 1. The Balaban J connectivity index is 1.89. The lowest BCUT2D eigenvalue weighted by atomic mass is 10.1. The lowest BCUT2D eigenvalue weighted by Gasteiger charge is -2.10. The molecule has 3 aromatic rings. The van der Waals surface area contributed by atoms with E-state index in [1.54, 1.807) is 18.3 Å². The van der Waals surface area contributed by atoms with Gasteiger partial charge in [0.1, 0.15) is 0 Å². The third-order valence-electron chi connectivity index (χ3n) is 3.14. The van der Waals surface area contributed by atoms with Crippen LogP contribution in [0.5, 0.6) is 0 Å². The van der Waals surface area contributed by atoms with E-state index < -0.39 is 5.82 Å². The normalized spacial score (nSPS) is 10.7. The van der Waals surface area contributed by atoms with Crippen LogP contribution in [0.2, 0.25) is 5.02 Å². The number of rotatable bonds is 3. The topological polar surface area (TPSA) is 24.9 Å². The van der Waals surface area contributed by atoms with Crippen LogP contribution in [0.1, 0.15) is 5.56 Å². The first-order valence-electron chi connectivity index (χ1n) is 6.26. The number of hydrogen-bond donors (Lipinski definition) is 1. The minimum atomic E-state index is -0.428. The quantitative estimate of drug-likeness (QED) is 0.759. The van der Waals surface area contributed by atoms with Gasteiger partial charge in [-0.1, -0.05) is 41.9 Å². The number of pyridine rings is 1. The summed E-state index contributed by atoms with van der Waals surface area (Å²) < 4.78 is 13.8. The van der Waals surface area contributed by atoms with Gasteiger partial charge in [-0.2, -0.15) is 0 Å². The summed E-state index contributed by atoms with van der Waals surface area (Å²) in [4.78, 5) is 4.37. The zero-order valence-corrected chi connectivity index (χ0v) is 11.4. The smallest absolute Gasteiger partial charge is 0.164 e. The van der Waals surface area contributed by atoms with E-state index in [0.717, 1.165) is 16.5 Å². The van der Waals surface area contributed by atoms with E-state index in [-0.39, 0.29) is 5.02 Å². The molecule has 0 aliphatic heterocycles. The first-order valence-corrected chi connectivity index (χ1v) is 6.64. The van der Waals surface area contributed by atoms with Crippen molar-refractivity contribution in [1.82, 2.24) is 4.98 Å². The molecule has 0 bridgehead atoms. The summed E-state index contributed by atoms with van der Waals surface area (Å²) in [5.41, 5.74) is 2.33. The molecule has 0 aliphatic rings. The fraction of sp³-hybridized carbons (Fsp3) is 0.0625. The molecule has 0 amide bonds. The van der Waals surface area contributed by atoms with E-state index in [2.05, 4.69) is 10.3 Å². The van der Waals surface area contributed by atoms with Gasteiger partial charge in [-0.25, -0.2) is 4.39 Å². The van der Waals surface area contributed by atoms with E-state index in [9.17, 15) is 4.39 Å². The highest BCUT2D eigenvalue weighted by Crippen LogP contribution is 2.23. The molecule has 0 atom stereocenters. The van der Waals surface area contributed by atoms with Crippen LogP contribution in [0.4, 0.5) is 10.1 Å². The molecule has 0 aliphatic carbocycles. The lowest BCUT2D eigenvalue weighted by molar-refractivity contribution is 0.630. The lowest BCUT2D eigenvalue weighted by Crippen LogP contribution is -2.02. The Hall–Kier alpha value is -2.13. The Labute approximate surface area is 121 Å². The Kier molecular flexibility index (Phi) is 3.52. The molecule has 20 heavy (non-hydrogen) atoms. The molecule has 1 N–H and O–H groups in total. The average molecular weight is 287 g/mol. The molecular formula is C16H12ClFN2. The van der Waals surface area contributed by atoms with Crippen molar-refractivity contribution in [1.29, 1.82) is 0 Å². The van der Waals surface area contributed by atoms with Crippen molar-refractivity contribution in [2.75, 3.05) is 5.32 Å². The summed E-state index contributed by atoms with van der Waals surface area (Å²) in [6.07, 6.45) is 1.76. The second kappa shape index (κ2) is 5.47. The summed E-state index contributed by atoms with van der Waals surface area (Å²) in [5, 5.41) is 4.25. The van der Waals surface area contributed by atoms with E-state index in [1.165, 1.54) is 6.07 Å². The minimum Gasteiger partial charge on any atom is -0.378 e. The fourth-order valence-electron chi connectivity index (χ4n) is 2.14. The molecule has 0 saturated carbocycles. The van der Waals surface area contributed by atoms with Crippen LogP contribution < -0.4 is 5.32 Å². The molecule has 2 aromatic carbocycles. The van der Waals surface area contributed by atoms with Crippen molar-refractivity contribution < 1.29 is 4.39 Å². The standard InChI is InChI=1S/C16H12ClFN2/c17-13-7-2-8-14(15(13)18)20-10-12-5-1-4-11-6-3-9-19-16(11)12/h1-9,20H,10H2.